The number of aliphatic hydroxyl groups is 1. The van der Waals surface area contributed by atoms with E-state index >= 15 is 0 Å². The van der Waals surface area contributed by atoms with Crippen LogP contribution in [0.4, 0.5) is 5.95 Å². The molecule has 1 aromatic rings. The van der Waals surface area contributed by atoms with Crippen LogP contribution in [0.5, 0.6) is 0 Å². The SMILES string of the molecule is O=C(CN1CCN(c2ncccn2)CC1)N1C[C@H]2C[C@@H](C1)[C@H](CO)N1C(=O)CCC[C@@H]21.O=CO. The minimum atomic E-state index is -0.250. The number of carboxylic acid groups (broad SMARTS) is 1. The molecule has 4 fully saturated rings. The molecule has 1 aromatic heterocycles. The largest absolute Gasteiger partial charge is 0.483 e. The van der Waals surface area contributed by atoms with Crippen LogP contribution in [0.25, 0.3) is 0 Å². The smallest absolute Gasteiger partial charge is 0.290 e. The summed E-state index contributed by atoms with van der Waals surface area (Å²) >= 11 is 0. The fraction of sp³-hybridized carbons (Fsp3) is 0.696. The van der Waals surface area contributed by atoms with Crippen LogP contribution >= 0.6 is 0 Å². The number of anilines is 1. The predicted octanol–water partition coefficient (Wildman–Crippen LogP) is -0.480. The first kappa shape index (κ1) is 24.3. The molecule has 0 aromatic carbocycles. The minimum Gasteiger partial charge on any atom is -0.483 e. The van der Waals surface area contributed by atoms with Gasteiger partial charge in [0.05, 0.1) is 19.2 Å². The van der Waals surface area contributed by atoms with Crippen LogP contribution in [-0.2, 0) is 14.4 Å². The third-order valence-electron chi connectivity index (χ3n) is 7.60. The quantitative estimate of drug-likeness (QED) is 0.556. The first-order chi connectivity index (χ1) is 16.5. The van der Waals surface area contributed by atoms with E-state index in [1.807, 2.05) is 15.9 Å². The van der Waals surface area contributed by atoms with Gasteiger partial charge in [0.25, 0.3) is 6.47 Å². The van der Waals surface area contributed by atoms with E-state index in [-0.39, 0.29) is 42.9 Å². The molecule has 5 heterocycles. The molecule has 34 heavy (non-hydrogen) atoms. The number of hydrogen-bond acceptors (Lipinski definition) is 8. The van der Waals surface area contributed by atoms with Crippen LogP contribution in [0.2, 0.25) is 0 Å². The fourth-order valence-corrected chi connectivity index (χ4v) is 6.07. The summed E-state index contributed by atoms with van der Waals surface area (Å²) in [5.41, 5.74) is 0. The van der Waals surface area contributed by atoms with Crippen molar-refractivity contribution in [2.24, 2.45) is 11.8 Å². The average Bonchev–Trinajstić information content (AvgIpc) is 2.86. The second-order valence-corrected chi connectivity index (χ2v) is 9.48. The fourth-order valence-electron chi connectivity index (χ4n) is 6.07. The topological polar surface area (TPSA) is 130 Å². The van der Waals surface area contributed by atoms with Crippen molar-refractivity contribution in [3.05, 3.63) is 18.5 Å². The summed E-state index contributed by atoms with van der Waals surface area (Å²) in [4.78, 5) is 51.1. The van der Waals surface area contributed by atoms with Gasteiger partial charge < -0.3 is 24.9 Å². The van der Waals surface area contributed by atoms with E-state index in [0.717, 1.165) is 57.9 Å². The van der Waals surface area contributed by atoms with Crippen LogP contribution in [0.15, 0.2) is 18.5 Å². The number of amides is 2. The lowest BCUT2D eigenvalue weighted by Gasteiger charge is -2.56. The second kappa shape index (κ2) is 11.1. The molecule has 186 valence electrons. The molecular formula is C23H34N6O5. The van der Waals surface area contributed by atoms with E-state index in [2.05, 4.69) is 19.8 Å². The standard InChI is InChI=1S/C22H32N6O3.CH2O2/c29-15-19-17-11-16(18-3-1-4-20(30)28(18)19)12-27(13-17)21(31)14-25-7-9-26(10-8-25)22-23-5-2-6-24-22;2-1-3/h2,5-6,16-19,29H,1,3-4,7-15H2;1H,(H,2,3)/t16-,17+,18+,19+;/m1./s1. The van der Waals surface area contributed by atoms with Crippen LogP contribution < -0.4 is 4.90 Å². The molecule has 0 unspecified atom stereocenters. The summed E-state index contributed by atoms with van der Waals surface area (Å²) in [7, 11) is 0. The zero-order valence-electron chi connectivity index (χ0n) is 19.4. The Morgan fingerprint density at radius 2 is 1.79 bits per heavy atom. The van der Waals surface area contributed by atoms with Gasteiger partial charge in [-0.25, -0.2) is 9.97 Å². The number of carbonyl (C=O) groups is 3. The average molecular weight is 475 g/mol. The van der Waals surface area contributed by atoms with Crippen LogP contribution in [0, 0.1) is 11.8 Å². The molecule has 2 N–H and O–H groups in total. The third-order valence-corrected chi connectivity index (χ3v) is 7.60. The Morgan fingerprint density at radius 3 is 2.47 bits per heavy atom. The van der Waals surface area contributed by atoms with Crippen molar-refractivity contribution >= 4 is 24.2 Å². The van der Waals surface area contributed by atoms with Crippen molar-refractivity contribution in [3.8, 4) is 0 Å². The van der Waals surface area contributed by atoms with E-state index in [4.69, 9.17) is 9.90 Å². The molecule has 4 atom stereocenters. The predicted molar refractivity (Wildman–Crippen MR) is 123 cm³/mol. The van der Waals surface area contributed by atoms with Crippen molar-refractivity contribution in [2.45, 2.75) is 37.8 Å². The summed E-state index contributed by atoms with van der Waals surface area (Å²) in [6.07, 6.45) is 7.03. The number of aromatic nitrogens is 2. The minimum absolute atomic E-state index is 0.00876. The molecule has 0 radical (unpaired) electrons. The van der Waals surface area contributed by atoms with Crippen LogP contribution in [-0.4, -0.2) is 118 Å². The normalized spacial score (nSPS) is 29.1. The summed E-state index contributed by atoms with van der Waals surface area (Å²) in [5, 5.41) is 16.9. The van der Waals surface area contributed by atoms with Gasteiger partial charge in [0.2, 0.25) is 17.8 Å². The van der Waals surface area contributed by atoms with Gasteiger partial charge in [0.15, 0.2) is 0 Å². The lowest BCUT2D eigenvalue weighted by molar-refractivity contribution is -0.159. The highest BCUT2D eigenvalue weighted by Gasteiger charge is 2.49. The van der Waals surface area contributed by atoms with Crippen molar-refractivity contribution in [2.75, 3.05) is 57.3 Å². The molecule has 4 aliphatic rings. The van der Waals surface area contributed by atoms with Crippen molar-refractivity contribution in [1.29, 1.82) is 0 Å². The molecule has 2 bridgehead atoms. The summed E-state index contributed by atoms with van der Waals surface area (Å²) in [6, 6.07) is 1.86. The maximum Gasteiger partial charge on any atom is 0.290 e. The molecular weight excluding hydrogens is 440 g/mol. The van der Waals surface area contributed by atoms with E-state index in [0.29, 0.717) is 25.4 Å². The number of piperidine rings is 3. The lowest BCUT2D eigenvalue weighted by atomic mass is 9.72. The van der Waals surface area contributed by atoms with Crippen molar-refractivity contribution in [1.82, 2.24) is 24.7 Å². The zero-order valence-corrected chi connectivity index (χ0v) is 19.4. The molecule has 11 heteroatoms. The Bertz CT molecular complexity index is 836. The molecule has 5 rings (SSSR count). The van der Waals surface area contributed by atoms with Crippen LogP contribution in [0.3, 0.4) is 0 Å². The van der Waals surface area contributed by atoms with Gasteiger partial charge in [-0.2, -0.15) is 0 Å². The second-order valence-electron chi connectivity index (χ2n) is 9.48. The number of likely N-dealkylation sites (tertiary alicyclic amines) is 1. The lowest BCUT2D eigenvalue weighted by Crippen LogP contribution is -2.66. The van der Waals surface area contributed by atoms with Crippen molar-refractivity contribution in [3.63, 3.8) is 0 Å². The molecule has 0 saturated carbocycles. The number of hydrogen-bond donors (Lipinski definition) is 2. The first-order valence-corrected chi connectivity index (χ1v) is 12.1. The van der Waals surface area contributed by atoms with Gasteiger partial charge in [-0.05, 0) is 37.2 Å². The van der Waals surface area contributed by atoms with E-state index < -0.39 is 0 Å². The maximum atomic E-state index is 13.2. The Labute approximate surface area is 199 Å². The van der Waals surface area contributed by atoms with E-state index in [1.54, 1.807) is 12.4 Å². The summed E-state index contributed by atoms with van der Waals surface area (Å²) in [5.74, 6) is 1.62. The highest BCUT2D eigenvalue weighted by Crippen LogP contribution is 2.41. The highest BCUT2D eigenvalue weighted by atomic mass is 16.3. The molecule has 4 aliphatic heterocycles. The Morgan fingerprint density at radius 1 is 1.12 bits per heavy atom. The first-order valence-electron chi connectivity index (χ1n) is 12.1. The van der Waals surface area contributed by atoms with Gasteiger partial charge in [-0.3, -0.25) is 19.3 Å². The summed E-state index contributed by atoms with van der Waals surface area (Å²) < 4.78 is 0. The number of nitrogens with zero attached hydrogens (tertiary/aromatic N) is 6. The number of carbonyl (C=O) groups excluding carboxylic acids is 2. The molecule has 11 nitrogen and oxygen atoms in total. The summed E-state index contributed by atoms with van der Waals surface area (Å²) in [6.45, 7) is 4.81. The molecule has 2 amide bonds. The number of rotatable bonds is 4. The van der Waals surface area contributed by atoms with Gasteiger partial charge in [-0.15, -0.1) is 0 Å². The monoisotopic (exact) mass is 474 g/mol. The van der Waals surface area contributed by atoms with Crippen LogP contribution in [0.1, 0.15) is 25.7 Å². The molecule has 0 aliphatic carbocycles. The molecule has 4 saturated heterocycles. The maximum absolute atomic E-state index is 13.2. The molecule has 0 spiro atoms. The number of aliphatic hydroxyl groups excluding tert-OH is 1. The van der Waals surface area contributed by atoms with E-state index in [1.165, 1.54) is 0 Å². The number of piperazine rings is 1. The Balaban J connectivity index is 0.000000868. The van der Waals surface area contributed by atoms with E-state index in [9.17, 15) is 14.7 Å². The van der Waals surface area contributed by atoms with Crippen molar-refractivity contribution < 1.29 is 24.6 Å². The third kappa shape index (κ3) is 5.15. The highest BCUT2D eigenvalue weighted by molar-refractivity contribution is 5.79. The number of fused-ring (bicyclic) bond motifs is 4. The van der Waals surface area contributed by atoms with Gasteiger partial charge in [0, 0.05) is 64.1 Å². The Hall–Kier alpha value is -2.79. The van der Waals surface area contributed by atoms with Gasteiger partial charge in [-0.1, -0.05) is 0 Å². The van der Waals surface area contributed by atoms with Gasteiger partial charge in [0.1, 0.15) is 0 Å². The van der Waals surface area contributed by atoms with Gasteiger partial charge >= 0.3 is 0 Å². The Kier molecular flexibility index (Phi) is 7.94. The zero-order chi connectivity index (χ0) is 24.1.